The standard InChI is InChI=1S/C21H31N3O3/c1-2-24-19(16-8-4-3-5-9-16)17(25)14-21(20(24)27)11-7-13-23(15-21)18(26)10-6-12-22/h3-5,8-9,17,19,25H,2,6-7,10-15,22H2,1H3/t17-,19+,21+/m1/s1. The van der Waals surface area contributed by atoms with Crippen LogP contribution in [-0.2, 0) is 9.59 Å². The van der Waals surface area contributed by atoms with Crippen molar-refractivity contribution in [3.8, 4) is 0 Å². The van der Waals surface area contributed by atoms with Crippen LogP contribution in [0.4, 0.5) is 0 Å². The third kappa shape index (κ3) is 3.87. The van der Waals surface area contributed by atoms with Crippen molar-refractivity contribution in [2.45, 2.75) is 51.2 Å². The Morgan fingerprint density at radius 1 is 1.33 bits per heavy atom. The number of hydrogen-bond donors (Lipinski definition) is 2. The Morgan fingerprint density at radius 3 is 2.74 bits per heavy atom. The Kier molecular flexibility index (Phi) is 6.17. The zero-order chi connectivity index (χ0) is 19.4. The molecule has 0 aliphatic carbocycles. The first-order valence-electron chi connectivity index (χ1n) is 10.0. The number of benzene rings is 1. The molecule has 0 saturated carbocycles. The van der Waals surface area contributed by atoms with Gasteiger partial charge in [0.15, 0.2) is 0 Å². The zero-order valence-electron chi connectivity index (χ0n) is 16.1. The van der Waals surface area contributed by atoms with E-state index in [1.165, 1.54) is 0 Å². The first kappa shape index (κ1) is 19.8. The van der Waals surface area contributed by atoms with Gasteiger partial charge in [-0.2, -0.15) is 0 Å². The van der Waals surface area contributed by atoms with Crippen LogP contribution in [0, 0.1) is 5.41 Å². The first-order valence-corrected chi connectivity index (χ1v) is 10.0. The topological polar surface area (TPSA) is 86.9 Å². The van der Waals surface area contributed by atoms with E-state index in [9.17, 15) is 14.7 Å². The van der Waals surface area contributed by atoms with Gasteiger partial charge in [-0.25, -0.2) is 0 Å². The number of likely N-dealkylation sites (tertiary alicyclic amines) is 2. The Morgan fingerprint density at radius 2 is 2.07 bits per heavy atom. The fraction of sp³-hybridized carbons (Fsp3) is 0.619. The van der Waals surface area contributed by atoms with Gasteiger partial charge >= 0.3 is 0 Å². The average molecular weight is 373 g/mol. The van der Waals surface area contributed by atoms with E-state index in [1.54, 1.807) is 9.80 Å². The van der Waals surface area contributed by atoms with E-state index >= 15 is 0 Å². The lowest BCUT2D eigenvalue weighted by molar-refractivity contribution is -0.166. The molecule has 2 saturated heterocycles. The van der Waals surface area contributed by atoms with Crippen LogP contribution in [0.3, 0.4) is 0 Å². The summed E-state index contributed by atoms with van der Waals surface area (Å²) < 4.78 is 0. The quantitative estimate of drug-likeness (QED) is 0.822. The molecule has 2 fully saturated rings. The van der Waals surface area contributed by atoms with Gasteiger partial charge in [-0.3, -0.25) is 9.59 Å². The summed E-state index contributed by atoms with van der Waals surface area (Å²) in [4.78, 5) is 29.6. The predicted octanol–water partition coefficient (Wildman–Crippen LogP) is 1.69. The normalized spacial score (nSPS) is 28.6. The van der Waals surface area contributed by atoms with E-state index in [-0.39, 0.29) is 17.9 Å². The maximum Gasteiger partial charge on any atom is 0.231 e. The van der Waals surface area contributed by atoms with E-state index in [4.69, 9.17) is 5.73 Å². The molecule has 2 amide bonds. The minimum absolute atomic E-state index is 0.0649. The molecule has 6 nitrogen and oxygen atoms in total. The highest BCUT2D eigenvalue weighted by molar-refractivity contribution is 5.86. The second-order valence-electron chi connectivity index (χ2n) is 7.81. The molecule has 1 aromatic rings. The molecule has 0 aromatic heterocycles. The van der Waals surface area contributed by atoms with Gasteiger partial charge in [-0.1, -0.05) is 30.3 Å². The molecule has 2 aliphatic heterocycles. The number of carbonyl (C=O) groups is 2. The maximum absolute atomic E-state index is 13.5. The minimum Gasteiger partial charge on any atom is -0.391 e. The zero-order valence-corrected chi connectivity index (χ0v) is 16.1. The van der Waals surface area contributed by atoms with Gasteiger partial charge in [0.25, 0.3) is 0 Å². The van der Waals surface area contributed by atoms with E-state index in [2.05, 4.69) is 0 Å². The smallest absolute Gasteiger partial charge is 0.231 e. The number of hydrogen-bond acceptors (Lipinski definition) is 4. The number of aliphatic hydroxyl groups excluding tert-OH is 1. The number of aliphatic hydroxyl groups is 1. The summed E-state index contributed by atoms with van der Waals surface area (Å²) in [6.07, 6.45) is 2.37. The van der Waals surface area contributed by atoms with E-state index in [1.807, 2.05) is 37.3 Å². The molecule has 1 spiro atoms. The third-order valence-electron chi connectivity index (χ3n) is 6.02. The van der Waals surface area contributed by atoms with Crippen molar-refractivity contribution in [3.63, 3.8) is 0 Å². The number of carbonyl (C=O) groups excluding carboxylic acids is 2. The highest BCUT2D eigenvalue weighted by Gasteiger charge is 2.53. The number of nitrogens with zero attached hydrogens (tertiary/aromatic N) is 2. The highest BCUT2D eigenvalue weighted by atomic mass is 16.3. The van der Waals surface area contributed by atoms with Gasteiger partial charge in [-0.05, 0) is 44.7 Å². The van der Waals surface area contributed by atoms with Gasteiger partial charge in [0.1, 0.15) is 0 Å². The van der Waals surface area contributed by atoms with Gasteiger partial charge in [-0.15, -0.1) is 0 Å². The molecule has 0 bridgehead atoms. The first-order chi connectivity index (χ1) is 13.0. The Hall–Kier alpha value is -1.92. The minimum atomic E-state index is -0.669. The molecule has 3 rings (SSSR count). The molecular weight excluding hydrogens is 342 g/mol. The van der Waals surface area contributed by atoms with E-state index < -0.39 is 11.5 Å². The average Bonchev–Trinajstić information content (AvgIpc) is 2.69. The number of amides is 2. The summed E-state index contributed by atoms with van der Waals surface area (Å²) in [7, 11) is 0. The molecule has 0 unspecified atom stereocenters. The van der Waals surface area contributed by atoms with Crippen LogP contribution < -0.4 is 5.73 Å². The molecule has 3 N–H and O–H groups in total. The van der Waals surface area contributed by atoms with Crippen molar-refractivity contribution in [1.29, 1.82) is 0 Å². The summed E-state index contributed by atoms with van der Waals surface area (Å²) in [5, 5.41) is 11.0. The van der Waals surface area contributed by atoms with Gasteiger partial charge in [0.05, 0.1) is 17.6 Å². The summed E-state index contributed by atoms with van der Waals surface area (Å²) in [5.74, 6) is 0.135. The van der Waals surface area contributed by atoms with Crippen molar-refractivity contribution >= 4 is 11.8 Å². The molecule has 27 heavy (non-hydrogen) atoms. The summed E-state index contributed by atoms with van der Waals surface area (Å²) in [6, 6.07) is 9.41. The van der Waals surface area contributed by atoms with E-state index in [0.717, 1.165) is 18.4 Å². The molecular formula is C21H31N3O3. The summed E-state index contributed by atoms with van der Waals surface area (Å²) in [5.41, 5.74) is 5.82. The van der Waals surface area contributed by atoms with Crippen molar-refractivity contribution in [2.24, 2.45) is 11.1 Å². The van der Waals surface area contributed by atoms with Crippen molar-refractivity contribution in [3.05, 3.63) is 35.9 Å². The Balaban J connectivity index is 1.83. The maximum atomic E-state index is 13.5. The molecule has 2 heterocycles. The molecule has 1 aromatic carbocycles. The molecule has 3 atom stereocenters. The molecule has 2 aliphatic rings. The SMILES string of the molecule is CCN1C(=O)[C@@]2(CCCN(C(=O)CCCN)C2)C[C@@H](O)[C@@H]1c1ccccc1. The Labute approximate surface area is 161 Å². The van der Waals surface area contributed by atoms with Crippen LogP contribution in [0.2, 0.25) is 0 Å². The molecule has 0 radical (unpaired) electrons. The lowest BCUT2D eigenvalue weighted by Crippen LogP contribution is -2.61. The van der Waals surface area contributed by atoms with Crippen LogP contribution in [0.1, 0.15) is 50.6 Å². The van der Waals surface area contributed by atoms with Crippen LogP contribution in [0.15, 0.2) is 30.3 Å². The number of piperidine rings is 2. The van der Waals surface area contributed by atoms with Crippen LogP contribution >= 0.6 is 0 Å². The largest absolute Gasteiger partial charge is 0.391 e. The van der Waals surface area contributed by atoms with Crippen LogP contribution in [0.5, 0.6) is 0 Å². The van der Waals surface area contributed by atoms with Crippen molar-refractivity contribution in [1.82, 2.24) is 9.80 Å². The lowest BCUT2D eigenvalue weighted by Gasteiger charge is -2.51. The number of nitrogens with two attached hydrogens (primary N) is 1. The van der Waals surface area contributed by atoms with Gasteiger partial charge in [0, 0.05) is 26.1 Å². The highest BCUT2D eigenvalue weighted by Crippen LogP contribution is 2.45. The van der Waals surface area contributed by atoms with Crippen molar-refractivity contribution < 1.29 is 14.7 Å². The van der Waals surface area contributed by atoms with E-state index in [0.29, 0.717) is 45.4 Å². The van der Waals surface area contributed by atoms with Gasteiger partial charge in [0.2, 0.25) is 11.8 Å². The monoisotopic (exact) mass is 373 g/mol. The third-order valence-corrected chi connectivity index (χ3v) is 6.02. The molecule has 6 heteroatoms. The fourth-order valence-corrected chi connectivity index (χ4v) is 4.73. The number of likely N-dealkylation sites (N-methyl/N-ethyl adjacent to an activating group) is 1. The van der Waals surface area contributed by atoms with Gasteiger partial charge < -0.3 is 20.6 Å². The fourth-order valence-electron chi connectivity index (χ4n) is 4.73. The number of rotatable bonds is 5. The van der Waals surface area contributed by atoms with Crippen LogP contribution in [0.25, 0.3) is 0 Å². The van der Waals surface area contributed by atoms with Crippen LogP contribution in [-0.4, -0.2) is 59.0 Å². The van der Waals surface area contributed by atoms with Crippen molar-refractivity contribution in [2.75, 3.05) is 26.2 Å². The second kappa shape index (κ2) is 8.40. The lowest BCUT2D eigenvalue weighted by atomic mass is 9.69. The predicted molar refractivity (Wildman–Crippen MR) is 104 cm³/mol. The second-order valence-corrected chi connectivity index (χ2v) is 7.81. The Bertz CT molecular complexity index is 666. The molecule has 148 valence electrons. The summed E-state index contributed by atoms with van der Waals surface area (Å²) in [6.45, 7) is 4.07. The summed E-state index contributed by atoms with van der Waals surface area (Å²) >= 11 is 0.